The summed E-state index contributed by atoms with van der Waals surface area (Å²) in [4.78, 5) is 22.2. The minimum atomic E-state index is -0.929. The van der Waals surface area contributed by atoms with Crippen LogP contribution in [0, 0.1) is 25.2 Å². The van der Waals surface area contributed by atoms with Crippen molar-refractivity contribution in [2.75, 3.05) is 11.9 Å². The molecule has 0 aliphatic heterocycles. The van der Waals surface area contributed by atoms with Crippen LogP contribution in [0.4, 0.5) is 5.69 Å². The van der Waals surface area contributed by atoms with E-state index >= 15 is 0 Å². The summed E-state index contributed by atoms with van der Waals surface area (Å²) < 4.78 is 0. The van der Waals surface area contributed by atoms with Crippen molar-refractivity contribution in [1.29, 1.82) is 5.26 Å². The summed E-state index contributed by atoms with van der Waals surface area (Å²) in [5.74, 6) is -1.49. The molecule has 0 bridgehead atoms. The quantitative estimate of drug-likeness (QED) is 0.404. The number of carbonyl (C=O) groups is 2. The highest BCUT2D eigenvalue weighted by Crippen LogP contribution is 2.27. The topological polar surface area (TPSA) is 102 Å². The smallest absolute Gasteiger partial charge is 0.303 e. The predicted molar refractivity (Wildman–Crippen MR) is 88.1 cm³/mol. The number of nitrogens with zero attached hydrogens (tertiary/aromatic N) is 1. The number of rotatable bonds is 7. The van der Waals surface area contributed by atoms with E-state index < -0.39 is 11.9 Å². The molecule has 0 aromatic heterocycles. The van der Waals surface area contributed by atoms with Gasteiger partial charge in [0.1, 0.15) is 11.6 Å². The molecule has 1 aromatic rings. The Bertz CT molecular complexity index is 655. The van der Waals surface area contributed by atoms with E-state index in [0.717, 1.165) is 11.1 Å². The van der Waals surface area contributed by atoms with Crippen molar-refractivity contribution in [1.82, 2.24) is 5.32 Å². The molecule has 1 rings (SSSR count). The second-order valence-corrected chi connectivity index (χ2v) is 5.41. The highest BCUT2D eigenvalue weighted by atomic mass is 35.5. The molecule has 0 fully saturated rings. The molecule has 1 amide bonds. The zero-order chi connectivity index (χ0) is 17.4. The minimum absolute atomic E-state index is 0.0394. The monoisotopic (exact) mass is 335 g/mol. The van der Waals surface area contributed by atoms with Gasteiger partial charge in [0, 0.05) is 19.2 Å². The average molecular weight is 336 g/mol. The summed E-state index contributed by atoms with van der Waals surface area (Å²) in [5, 5.41) is 23.4. The van der Waals surface area contributed by atoms with Gasteiger partial charge in [-0.2, -0.15) is 5.26 Å². The van der Waals surface area contributed by atoms with Crippen LogP contribution in [0.3, 0.4) is 0 Å². The van der Waals surface area contributed by atoms with E-state index in [0.29, 0.717) is 17.1 Å². The number of hydrogen-bond acceptors (Lipinski definition) is 4. The summed E-state index contributed by atoms with van der Waals surface area (Å²) in [5.41, 5.74) is 2.42. The van der Waals surface area contributed by atoms with Gasteiger partial charge < -0.3 is 15.7 Å². The van der Waals surface area contributed by atoms with E-state index in [1.54, 1.807) is 12.1 Å². The maximum absolute atomic E-state index is 11.8. The van der Waals surface area contributed by atoms with Crippen LogP contribution in [-0.2, 0) is 9.59 Å². The second-order valence-electron chi connectivity index (χ2n) is 5.01. The Morgan fingerprint density at radius 1 is 1.39 bits per heavy atom. The first kappa shape index (κ1) is 18.5. The second kappa shape index (κ2) is 8.81. The fourth-order valence-corrected chi connectivity index (χ4v) is 2.30. The van der Waals surface area contributed by atoms with Gasteiger partial charge >= 0.3 is 5.97 Å². The Morgan fingerprint density at radius 2 is 2.09 bits per heavy atom. The molecular formula is C16H18ClN3O3. The highest BCUT2D eigenvalue weighted by molar-refractivity contribution is 6.33. The molecule has 0 saturated carbocycles. The summed E-state index contributed by atoms with van der Waals surface area (Å²) in [6.45, 7) is 3.98. The lowest BCUT2D eigenvalue weighted by atomic mass is 10.1. The van der Waals surface area contributed by atoms with Crippen molar-refractivity contribution in [2.45, 2.75) is 26.7 Å². The number of nitrogens with one attached hydrogen (secondary N) is 2. The number of aryl methyl sites for hydroxylation is 2. The molecule has 0 aliphatic carbocycles. The fraction of sp³-hybridized carbons (Fsp3) is 0.312. The summed E-state index contributed by atoms with van der Waals surface area (Å²) in [6.07, 6.45) is 1.55. The summed E-state index contributed by atoms with van der Waals surface area (Å²) in [6, 6.07) is 5.51. The number of carboxylic acids is 1. The number of aliphatic carboxylic acids is 1. The van der Waals surface area contributed by atoms with Crippen LogP contribution in [0.15, 0.2) is 23.9 Å². The maximum Gasteiger partial charge on any atom is 0.303 e. The first-order valence-corrected chi connectivity index (χ1v) is 7.36. The van der Waals surface area contributed by atoms with E-state index in [-0.39, 0.29) is 18.5 Å². The van der Waals surface area contributed by atoms with Gasteiger partial charge in [0.25, 0.3) is 5.91 Å². The third kappa shape index (κ3) is 6.01. The van der Waals surface area contributed by atoms with Gasteiger partial charge in [-0.1, -0.05) is 17.7 Å². The molecule has 0 spiro atoms. The number of halogens is 1. The normalized spacial score (nSPS) is 10.8. The van der Waals surface area contributed by atoms with Crippen LogP contribution in [0.1, 0.15) is 24.0 Å². The molecule has 3 N–H and O–H groups in total. The van der Waals surface area contributed by atoms with Crippen molar-refractivity contribution in [2.24, 2.45) is 0 Å². The zero-order valence-corrected chi connectivity index (χ0v) is 13.7. The van der Waals surface area contributed by atoms with Crippen LogP contribution in [0.2, 0.25) is 5.02 Å². The van der Waals surface area contributed by atoms with Gasteiger partial charge in [-0.25, -0.2) is 0 Å². The summed E-state index contributed by atoms with van der Waals surface area (Å²) in [7, 11) is 0. The zero-order valence-electron chi connectivity index (χ0n) is 12.9. The van der Waals surface area contributed by atoms with Crippen molar-refractivity contribution in [3.8, 4) is 6.07 Å². The molecule has 0 saturated heterocycles. The van der Waals surface area contributed by atoms with Crippen molar-refractivity contribution >= 4 is 29.2 Å². The number of hydrogen-bond donors (Lipinski definition) is 3. The van der Waals surface area contributed by atoms with Crippen LogP contribution in [-0.4, -0.2) is 23.5 Å². The third-order valence-corrected chi connectivity index (χ3v) is 3.31. The van der Waals surface area contributed by atoms with Gasteiger partial charge in [-0.3, -0.25) is 9.59 Å². The Kier molecular flexibility index (Phi) is 7.10. The number of amides is 1. The Hall–Kier alpha value is -2.52. The molecule has 0 aliphatic rings. The molecule has 0 unspecified atom stereocenters. The first-order valence-electron chi connectivity index (χ1n) is 6.98. The maximum atomic E-state index is 11.8. The number of nitriles is 1. The van der Waals surface area contributed by atoms with E-state index in [4.69, 9.17) is 22.0 Å². The molecule has 0 atom stereocenters. The van der Waals surface area contributed by atoms with Crippen LogP contribution < -0.4 is 10.6 Å². The largest absolute Gasteiger partial charge is 0.481 e. The molecule has 7 heteroatoms. The van der Waals surface area contributed by atoms with Crippen LogP contribution in [0.25, 0.3) is 0 Å². The van der Waals surface area contributed by atoms with E-state index in [1.807, 2.05) is 19.9 Å². The van der Waals surface area contributed by atoms with Crippen molar-refractivity contribution in [3.05, 3.63) is 40.1 Å². The van der Waals surface area contributed by atoms with Crippen LogP contribution >= 0.6 is 11.6 Å². The molecule has 1 aromatic carbocycles. The lowest BCUT2D eigenvalue weighted by molar-refractivity contribution is -0.137. The Labute approximate surface area is 139 Å². The number of benzene rings is 1. The number of anilines is 1. The van der Waals surface area contributed by atoms with E-state index in [2.05, 4.69) is 10.6 Å². The first-order chi connectivity index (χ1) is 10.8. The number of carbonyl (C=O) groups excluding carboxylic acids is 1. The lowest BCUT2D eigenvalue weighted by Gasteiger charge is -2.10. The molecule has 23 heavy (non-hydrogen) atoms. The van der Waals surface area contributed by atoms with Gasteiger partial charge in [-0.15, -0.1) is 0 Å². The van der Waals surface area contributed by atoms with Gasteiger partial charge in [0.2, 0.25) is 0 Å². The predicted octanol–water partition coefficient (Wildman–Crippen LogP) is 2.76. The lowest BCUT2D eigenvalue weighted by Crippen LogP contribution is -2.26. The minimum Gasteiger partial charge on any atom is -0.481 e. The SMILES string of the molecule is Cc1cc(C)c(N/C=C(/C#N)C(=O)NCCCC(=O)O)c(Cl)c1. The van der Waals surface area contributed by atoms with E-state index in [1.165, 1.54) is 6.20 Å². The van der Waals surface area contributed by atoms with Gasteiger partial charge in [0.05, 0.1) is 10.7 Å². The molecule has 122 valence electrons. The van der Waals surface area contributed by atoms with Crippen molar-refractivity contribution < 1.29 is 14.7 Å². The van der Waals surface area contributed by atoms with Gasteiger partial charge in [-0.05, 0) is 37.5 Å². The molecule has 0 radical (unpaired) electrons. The third-order valence-electron chi connectivity index (χ3n) is 3.01. The number of carboxylic acid groups (broad SMARTS) is 1. The van der Waals surface area contributed by atoms with E-state index in [9.17, 15) is 9.59 Å². The average Bonchev–Trinajstić information content (AvgIpc) is 2.46. The molecule has 0 heterocycles. The highest BCUT2D eigenvalue weighted by Gasteiger charge is 2.10. The summed E-state index contributed by atoms with van der Waals surface area (Å²) >= 11 is 6.14. The Balaban J connectivity index is 2.71. The Morgan fingerprint density at radius 3 is 2.65 bits per heavy atom. The van der Waals surface area contributed by atoms with Gasteiger partial charge in [0.15, 0.2) is 0 Å². The van der Waals surface area contributed by atoms with Crippen LogP contribution in [0.5, 0.6) is 0 Å². The standard InChI is InChI=1S/C16H18ClN3O3/c1-10-6-11(2)15(13(17)7-10)20-9-12(8-18)16(23)19-5-3-4-14(21)22/h6-7,9,20H,3-5H2,1-2H3,(H,19,23)(H,21,22)/b12-9-. The molecular weight excluding hydrogens is 318 g/mol. The molecule has 6 nitrogen and oxygen atoms in total. The fourth-order valence-electron chi connectivity index (χ4n) is 1.93. The van der Waals surface area contributed by atoms with Crippen molar-refractivity contribution in [3.63, 3.8) is 0 Å².